The van der Waals surface area contributed by atoms with E-state index in [0.717, 1.165) is 25.2 Å². The highest BCUT2D eigenvalue weighted by molar-refractivity contribution is 6.17. The molecule has 78 valence electrons. The van der Waals surface area contributed by atoms with Crippen molar-refractivity contribution in [1.82, 2.24) is 0 Å². The summed E-state index contributed by atoms with van der Waals surface area (Å²) < 4.78 is 5.53. The van der Waals surface area contributed by atoms with Crippen molar-refractivity contribution >= 4 is 17.4 Å². The summed E-state index contributed by atoms with van der Waals surface area (Å²) in [5, 5.41) is 0. The third-order valence-electron chi connectivity index (χ3n) is 4.31. The second kappa shape index (κ2) is 3.21. The van der Waals surface area contributed by atoms with Gasteiger partial charge in [-0.15, -0.1) is 0 Å². The zero-order chi connectivity index (χ0) is 9.71. The highest BCUT2D eigenvalue weighted by Crippen LogP contribution is 2.52. The van der Waals surface area contributed by atoms with Crippen molar-refractivity contribution in [2.75, 3.05) is 6.07 Å². The number of ketones is 1. The molecule has 14 heavy (non-hydrogen) atoms. The Labute approximate surface area is 88.9 Å². The van der Waals surface area contributed by atoms with Crippen LogP contribution in [-0.2, 0) is 9.53 Å². The Morgan fingerprint density at radius 1 is 1.29 bits per heavy atom. The molecule has 0 N–H and O–H groups in total. The normalized spacial score (nSPS) is 50.1. The molecule has 0 saturated heterocycles. The summed E-state index contributed by atoms with van der Waals surface area (Å²) >= 11 is 5.61. The molecule has 4 fully saturated rings. The van der Waals surface area contributed by atoms with Gasteiger partial charge in [-0.3, -0.25) is 4.79 Å². The van der Waals surface area contributed by atoms with Crippen LogP contribution in [0.5, 0.6) is 0 Å². The van der Waals surface area contributed by atoms with E-state index in [1.807, 2.05) is 0 Å². The van der Waals surface area contributed by atoms with Gasteiger partial charge in [-0.05, 0) is 37.5 Å². The van der Waals surface area contributed by atoms with E-state index in [4.69, 9.17) is 16.3 Å². The SMILES string of the molecule is O=C1C2CC3CC(C[C@H]1C3)C2OCCl. The molecule has 0 spiro atoms. The van der Waals surface area contributed by atoms with Crippen LogP contribution in [-0.4, -0.2) is 18.0 Å². The number of hydrogen-bond donors (Lipinski definition) is 0. The predicted molar refractivity (Wildman–Crippen MR) is 53.0 cm³/mol. The first-order chi connectivity index (χ1) is 6.79. The van der Waals surface area contributed by atoms with Gasteiger partial charge in [-0.2, -0.15) is 0 Å². The molecule has 4 saturated carbocycles. The van der Waals surface area contributed by atoms with Crippen molar-refractivity contribution in [3.05, 3.63) is 0 Å². The number of ether oxygens (including phenoxy) is 1. The van der Waals surface area contributed by atoms with Crippen molar-refractivity contribution in [3.63, 3.8) is 0 Å². The molecule has 0 aliphatic heterocycles. The first-order valence-electron chi connectivity index (χ1n) is 5.51. The maximum Gasteiger partial charge on any atom is 0.141 e. The molecule has 4 rings (SSSR count). The highest BCUT2D eigenvalue weighted by atomic mass is 35.5. The van der Waals surface area contributed by atoms with Gasteiger partial charge in [-0.25, -0.2) is 0 Å². The van der Waals surface area contributed by atoms with E-state index in [0.29, 0.717) is 17.6 Å². The van der Waals surface area contributed by atoms with Gasteiger partial charge in [-0.1, -0.05) is 11.6 Å². The van der Waals surface area contributed by atoms with Gasteiger partial charge in [0.05, 0.1) is 6.10 Å². The van der Waals surface area contributed by atoms with E-state index < -0.39 is 0 Å². The number of carbonyl (C=O) groups excluding carboxylic acids is 1. The monoisotopic (exact) mass is 214 g/mol. The molecule has 0 heterocycles. The van der Waals surface area contributed by atoms with Gasteiger partial charge < -0.3 is 4.74 Å². The third kappa shape index (κ3) is 1.17. The first-order valence-corrected chi connectivity index (χ1v) is 6.04. The summed E-state index contributed by atoms with van der Waals surface area (Å²) in [6.45, 7) is 0. The average molecular weight is 215 g/mol. The number of halogens is 1. The Bertz CT molecular complexity index is 266. The molecule has 0 amide bonds. The molecular formula is C11H15ClO2. The topological polar surface area (TPSA) is 26.3 Å². The van der Waals surface area contributed by atoms with Gasteiger partial charge in [0.25, 0.3) is 0 Å². The fourth-order valence-electron chi connectivity index (χ4n) is 3.91. The lowest BCUT2D eigenvalue weighted by Gasteiger charge is -2.52. The van der Waals surface area contributed by atoms with Crippen LogP contribution >= 0.6 is 11.6 Å². The molecule has 3 heteroatoms. The minimum Gasteiger partial charge on any atom is -0.361 e. The maximum absolute atomic E-state index is 11.9. The van der Waals surface area contributed by atoms with E-state index in [9.17, 15) is 4.79 Å². The van der Waals surface area contributed by atoms with Crippen LogP contribution in [0.25, 0.3) is 0 Å². The van der Waals surface area contributed by atoms with Gasteiger partial charge >= 0.3 is 0 Å². The first kappa shape index (κ1) is 9.17. The summed E-state index contributed by atoms with van der Waals surface area (Å²) in [7, 11) is 0. The number of hydrogen-bond acceptors (Lipinski definition) is 2. The molecule has 4 aliphatic carbocycles. The van der Waals surface area contributed by atoms with Crippen molar-refractivity contribution in [1.29, 1.82) is 0 Å². The fraction of sp³-hybridized carbons (Fsp3) is 0.909. The van der Waals surface area contributed by atoms with Crippen LogP contribution in [0.2, 0.25) is 0 Å². The lowest BCUT2D eigenvalue weighted by Crippen LogP contribution is -2.54. The quantitative estimate of drug-likeness (QED) is 0.659. The van der Waals surface area contributed by atoms with E-state index >= 15 is 0 Å². The molecule has 5 atom stereocenters. The highest BCUT2D eigenvalue weighted by Gasteiger charge is 2.53. The lowest BCUT2D eigenvalue weighted by atomic mass is 9.54. The Morgan fingerprint density at radius 3 is 2.93 bits per heavy atom. The summed E-state index contributed by atoms with van der Waals surface area (Å²) in [6.07, 6.45) is 4.69. The number of rotatable bonds is 2. The third-order valence-corrected chi connectivity index (χ3v) is 4.44. The molecule has 0 aromatic heterocycles. The number of Topliss-reactive ketones (excluding diaryl/α,β-unsaturated/α-hetero) is 1. The van der Waals surface area contributed by atoms with Crippen molar-refractivity contribution in [2.45, 2.75) is 31.8 Å². The average Bonchev–Trinajstić information content (AvgIpc) is 2.18. The van der Waals surface area contributed by atoms with Crippen molar-refractivity contribution in [3.8, 4) is 0 Å². The fourth-order valence-corrected chi connectivity index (χ4v) is 4.05. The van der Waals surface area contributed by atoms with Crippen LogP contribution < -0.4 is 0 Å². The number of alkyl halides is 1. The van der Waals surface area contributed by atoms with Crippen LogP contribution in [0.4, 0.5) is 0 Å². The molecule has 4 unspecified atom stereocenters. The van der Waals surface area contributed by atoms with E-state index in [-0.39, 0.29) is 18.1 Å². The largest absolute Gasteiger partial charge is 0.361 e. The second-order valence-corrected chi connectivity index (χ2v) is 5.23. The molecule has 0 aromatic rings. The minimum absolute atomic E-state index is 0.146. The molecule has 4 bridgehead atoms. The Kier molecular flexibility index (Phi) is 2.10. The van der Waals surface area contributed by atoms with Gasteiger partial charge in [0.15, 0.2) is 0 Å². The van der Waals surface area contributed by atoms with E-state index in [1.54, 1.807) is 0 Å². The second-order valence-electron chi connectivity index (χ2n) is 5.02. The Balaban J connectivity index is 1.86. The van der Waals surface area contributed by atoms with E-state index in [1.165, 1.54) is 6.42 Å². The summed E-state index contributed by atoms with van der Waals surface area (Å²) in [6, 6.07) is 0.236. The predicted octanol–water partition coefficient (Wildman–Crippen LogP) is 2.20. The Morgan fingerprint density at radius 2 is 2.14 bits per heavy atom. The molecule has 2 nitrogen and oxygen atoms in total. The summed E-state index contributed by atoms with van der Waals surface area (Å²) in [5.41, 5.74) is 0. The minimum atomic E-state index is 0.146. The summed E-state index contributed by atoms with van der Waals surface area (Å²) in [4.78, 5) is 11.9. The van der Waals surface area contributed by atoms with Crippen LogP contribution in [0, 0.1) is 23.7 Å². The standard InChI is InChI=1S/C11H15ClO2/c12-5-14-11-8-2-6-1-7(4-8)10(13)9(11)3-6/h6-9,11H,1-5H2/t6?,7-,8?,9?,11?/m1/s1. The molecule has 0 radical (unpaired) electrons. The zero-order valence-corrected chi connectivity index (χ0v) is 8.87. The van der Waals surface area contributed by atoms with E-state index in [2.05, 4.69) is 0 Å². The van der Waals surface area contributed by atoms with Crippen molar-refractivity contribution in [2.24, 2.45) is 23.7 Å². The number of carbonyl (C=O) groups is 1. The van der Waals surface area contributed by atoms with Crippen LogP contribution in [0.1, 0.15) is 25.7 Å². The molecule has 0 aromatic carbocycles. The van der Waals surface area contributed by atoms with Gasteiger partial charge in [0.2, 0.25) is 0 Å². The van der Waals surface area contributed by atoms with Crippen LogP contribution in [0.3, 0.4) is 0 Å². The smallest absolute Gasteiger partial charge is 0.141 e. The van der Waals surface area contributed by atoms with Gasteiger partial charge in [0.1, 0.15) is 11.8 Å². The maximum atomic E-state index is 11.9. The molecular weight excluding hydrogens is 200 g/mol. The summed E-state index contributed by atoms with van der Waals surface area (Å²) in [5.74, 6) is 2.44. The Hall–Kier alpha value is -0.0800. The van der Waals surface area contributed by atoms with Crippen molar-refractivity contribution < 1.29 is 9.53 Å². The zero-order valence-electron chi connectivity index (χ0n) is 8.12. The van der Waals surface area contributed by atoms with Gasteiger partial charge in [0, 0.05) is 11.8 Å². The molecule has 4 aliphatic rings. The lowest BCUT2D eigenvalue weighted by molar-refractivity contribution is -0.159. The van der Waals surface area contributed by atoms with Crippen LogP contribution in [0.15, 0.2) is 0 Å².